The molecule has 4 heteroatoms. The lowest BCUT2D eigenvalue weighted by atomic mass is 9.91. The molecule has 1 aromatic heterocycles. The van der Waals surface area contributed by atoms with Gasteiger partial charge in [-0.05, 0) is 25.2 Å². The standard InChI is InChI=1S/C19H30N2O2/c1-5-6-7-10-21(13-14-8-9-14)18(23)15-12-20-17(11-16(15)22)19(2,3)4/h11-12,14H,5-10,13H2,1-4H3,(H,20,22). The maximum absolute atomic E-state index is 12.8. The second-order valence-electron chi connectivity index (χ2n) is 7.78. The summed E-state index contributed by atoms with van der Waals surface area (Å²) >= 11 is 0. The zero-order valence-corrected chi connectivity index (χ0v) is 14.9. The van der Waals surface area contributed by atoms with Gasteiger partial charge in [0.1, 0.15) is 5.56 Å². The van der Waals surface area contributed by atoms with Crippen LogP contribution in [-0.2, 0) is 5.41 Å². The lowest BCUT2D eigenvalue weighted by Crippen LogP contribution is -2.37. The van der Waals surface area contributed by atoms with Gasteiger partial charge in [-0.2, -0.15) is 0 Å². The van der Waals surface area contributed by atoms with Gasteiger partial charge in [-0.25, -0.2) is 0 Å². The van der Waals surface area contributed by atoms with E-state index in [1.165, 1.54) is 12.8 Å². The summed E-state index contributed by atoms with van der Waals surface area (Å²) in [5, 5.41) is 0. The van der Waals surface area contributed by atoms with Crippen LogP contribution in [0.4, 0.5) is 0 Å². The number of rotatable bonds is 7. The Morgan fingerprint density at radius 3 is 2.52 bits per heavy atom. The molecule has 0 unspecified atom stereocenters. The van der Waals surface area contributed by atoms with Crippen molar-refractivity contribution in [3.8, 4) is 0 Å². The number of carbonyl (C=O) groups is 1. The second kappa shape index (κ2) is 7.33. The molecule has 0 saturated heterocycles. The zero-order chi connectivity index (χ0) is 17.0. The first kappa shape index (κ1) is 17.8. The summed E-state index contributed by atoms with van der Waals surface area (Å²) in [6, 6.07) is 1.58. The highest BCUT2D eigenvalue weighted by Gasteiger charge is 2.28. The molecule has 1 fully saturated rings. The average molecular weight is 318 g/mol. The number of unbranched alkanes of at least 4 members (excludes halogenated alkanes) is 2. The van der Waals surface area contributed by atoms with Crippen LogP contribution in [0.3, 0.4) is 0 Å². The SMILES string of the molecule is CCCCCN(CC1CC1)C(=O)c1c[nH]c(C(C)(C)C)cc1=O. The van der Waals surface area contributed by atoms with E-state index in [-0.39, 0.29) is 22.3 Å². The minimum Gasteiger partial charge on any atom is -0.364 e. The number of hydrogen-bond acceptors (Lipinski definition) is 2. The van der Waals surface area contributed by atoms with E-state index in [9.17, 15) is 9.59 Å². The maximum atomic E-state index is 12.8. The molecule has 0 aliphatic heterocycles. The minimum absolute atomic E-state index is 0.116. The van der Waals surface area contributed by atoms with E-state index in [1.54, 1.807) is 12.3 Å². The van der Waals surface area contributed by atoms with Crippen molar-refractivity contribution in [2.45, 2.75) is 65.2 Å². The van der Waals surface area contributed by atoms with Crippen molar-refractivity contribution < 1.29 is 4.79 Å². The van der Waals surface area contributed by atoms with Crippen LogP contribution < -0.4 is 5.43 Å². The van der Waals surface area contributed by atoms with E-state index in [4.69, 9.17) is 0 Å². The van der Waals surface area contributed by atoms with E-state index in [0.29, 0.717) is 5.92 Å². The summed E-state index contributed by atoms with van der Waals surface area (Å²) < 4.78 is 0. The van der Waals surface area contributed by atoms with Gasteiger partial charge in [0.15, 0.2) is 5.43 Å². The first-order valence-corrected chi connectivity index (χ1v) is 8.85. The minimum atomic E-state index is -0.171. The zero-order valence-electron chi connectivity index (χ0n) is 14.9. The summed E-state index contributed by atoms with van der Waals surface area (Å²) in [7, 11) is 0. The fourth-order valence-corrected chi connectivity index (χ4v) is 2.68. The summed E-state index contributed by atoms with van der Waals surface area (Å²) in [4.78, 5) is 30.2. The first-order chi connectivity index (χ1) is 10.8. The van der Waals surface area contributed by atoms with E-state index in [1.807, 2.05) is 25.7 Å². The summed E-state index contributed by atoms with van der Waals surface area (Å²) in [6.45, 7) is 9.84. The number of carbonyl (C=O) groups excluding carboxylic acids is 1. The van der Waals surface area contributed by atoms with Crippen LogP contribution in [0.1, 0.15) is 75.9 Å². The molecule has 1 aliphatic carbocycles. The fraction of sp³-hybridized carbons (Fsp3) is 0.684. The smallest absolute Gasteiger partial charge is 0.259 e. The third kappa shape index (κ3) is 4.95. The van der Waals surface area contributed by atoms with Crippen LogP contribution in [0.25, 0.3) is 0 Å². The normalized spacial score (nSPS) is 14.8. The van der Waals surface area contributed by atoms with Crippen molar-refractivity contribution >= 4 is 5.91 Å². The monoisotopic (exact) mass is 318 g/mol. The van der Waals surface area contributed by atoms with Crippen molar-refractivity contribution in [1.29, 1.82) is 0 Å². The number of H-pyrrole nitrogens is 1. The topological polar surface area (TPSA) is 53.2 Å². The lowest BCUT2D eigenvalue weighted by Gasteiger charge is -2.23. The van der Waals surface area contributed by atoms with Gasteiger partial charge < -0.3 is 9.88 Å². The molecule has 0 spiro atoms. The van der Waals surface area contributed by atoms with Crippen LogP contribution in [-0.4, -0.2) is 28.9 Å². The number of aromatic nitrogens is 1. The van der Waals surface area contributed by atoms with Crippen LogP contribution in [0.5, 0.6) is 0 Å². The number of aromatic amines is 1. The fourth-order valence-electron chi connectivity index (χ4n) is 2.68. The lowest BCUT2D eigenvalue weighted by molar-refractivity contribution is 0.0743. The molecule has 0 radical (unpaired) electrons. The summed E-state index contributed by atoms with van der Waals surface area (Å²) in [6.07, 6.45) is 7.27. The molecule has 128 valence electrons. The summed E-state index contributed by atoms with van der Waals surface area (Å²) in [5.74, 6) is 0.517. The highest BCUT2D eigenvalue weighted by atomic mass is 16.2. The Bertz CT molecular complexity index is 594. The predicted octanol–water partition coefficient (Wildman–Crippen LogP) is 3.71. The third-order valence-corrected chi connectivity index (χ3v) is 4.45. The van der Waals surface area contributed by atoms with Crippen molar-refractivity contribution in [2.75, 3.05) is 13.1 Å². The highest BCUT2D eigenvalue weighted by Crippen LogP contribution is 2.30. The maximum Gasteiger partial charge on any atom is 0.259 e. The molecule has 1 amide bonds. The van der Waals surface area contributed by atoms with Gasteiger partial charge in [0.25, 0.3) is 5.91 Å². The summed E-state index contributed by atoms with van der Waals surface area (Å²) in [5.41, 5.74) is 0.833. The van der Waals surface area contributed by atoms with Crippen LogP contribution in [0.2, 0.25) is 0 Å². The number of nitrogens with one attached hydrogen (secondary N) is 1. The number of amides is 1. The molecule has 1 saturated carbocycles. The van der Waals surface area contributed by atoms with E-state index >= 15 is 0 Å². The molecule has 1 aliphatic rings. The molecule has 2 rings (SSSR count). The van der Waals surface area contributed by atoms with Crippen molar-refractivity contribution in [1.82, 2.24) is 9.88 Å². The third-order valence-electron chi connectivity index (χ3n) is 4.45. The Labute approximate surface area is 139 Å². The molecule has 23 heavy (non-hydrogen) atoms. The molecule has 1 heterocycles. The van der Waals surface area contributed by atoms with Crippen LogP contribution in [0, 0.1) is 5.92 Å². The Kier molecular flexibility index (Phi) is 5.66. The molecular formula is C19H30N2O2. The van der Waals surface area contributed by atoms with Gasteiger partial charge in [-0.1, -0.05) is 40.5 Å². The Balaban J connectivity index is 2.16. The van der Waals surface area contributed by atoms with Gasteiger partial charge in [0, 0.05) is 36.5 Å². The average Bonchev–Trinajstić information content (AvgIpc) is 3.29. The molecule has 4 nitrogen and oxygen atoms in total. The number of pyridine rings is 1. The van der Waals surface area contributed by atoms with Gasteiger partial charge >= 0.3 is 0 Å². The van der Waals surface area contributed by atoms with Crippen LogP contribution in [0.15, 0.2) is 17.1 Å². The molecule has 1 aromatic rings. The van der Waals surface area contributed by atoms with Gasteiger partial charge in [-0.3, -0.25) is 9.59 Å². The van der Waals surface area contributed by atoms with Crippen molar-refractivity contribution in [3.63, 3.8) is 0 Å². The quantitative estimate of drug-likeness (QED) is 0.779. The van der Waals surface area contributed by atoms with Crippen molar-refractivity contribution in [2.24, 2.45) is 5.92 Å². The second-order valence-corrected chi connectivity index (χ2v) is 7.78. The molecular weight excluding hydrogens is 288 g/mol. The van der Waals surface area contributed by atoms with Gasteiger partial charge in [0.2, 0.25) is 0 Å². The number of hydrogen-bond donors (Lipinski definition) is 1. The Hall–Kier alpha value is -1.58. The predicted molar refractivity (Wildman–Crippen MR) is 93.9 cm³/mol. The molecule has 1 N–H and O–H groups in total. The van der Waals surface area contributed by atoms with E-state index in [2.05, 4.69) is 11.9 Å². The highest BCUT2D eigenvalue weighted by molar-refractivity contribution is 5.93. The molecule has 0 atom stereocenters. The first-order valence-electron chi connectivity index (χ1n) is 8.85. The van der Waals surface area contributed by atoms with E-state index in [0.717, 1.165) is 38.0 Å². The molecule has 0 aromatic carbocycles. The Morgan fingerprint density at radius 1 is 1.30 bits per heavy atom. The number of nitrogens with zero attached hydrogens (tertiary/aromatic N) is 1. The molecule has 0 bridgehead atoms. The van der Waals surface area contributed by atoms with E-state index < -0.39 is 0 Å². The van der Waals surface area contributed by atoms with Crippen molar-refractivity contribution in [3.05, 3.63) is 33.7 Å². The van der Waals surface area contributed by atoms with Crippen LogP contribution >= 0.6 is 0 Å². The Morgan fingerprint density at radius 2 is 2.00 bits per heavy atom. The van der Waals surface area contributed by atoms with Gasteiger partial charge in [-0.15, -0.1) is 0 Å². The van der Waals surface area contributed by atoms with Gasteiger partial charge in [0.05, 0.1) is 0 Å². The largest absolute Gasteiger partial charge is 0.364 e.